The minimum atomic E-state index is -0.646. The van der Waals surface area contributed by atoms with Gasteiger partial charge in [0.05, 0.1) is 31.9 Å². The molecule has 2 fully saturated rings. The molecule has 2 rings (SSSR count). The van der Waals surface area contributed by atoms with Crippen LogP contribution < -0.4 is 10.6 Å². The third-order valence-electron chi connectivity index (χ3n) is 8.18. The van der Waals surface area contributed by atoms with Crippen LogP contribution in [0.4, 0.5) is 0 Å². The van der Waals surface area contributed by atoms with Crippen molar-refractivity contribution in [3.63, 3.8) is 0 Å². The van der Waals surface area contributed by atoms with Crippen LogP contribution in [0.5, 0.6) is 0 Å². The second kappa shape index (κ2) is 18.0. The molecule has 0 radical (unpaired) electrons. The molecular formula is C32H62N2O4. The van der Waals surface area contributed by atoms with Crippen molar-refractivity contribution in [2.75, 3.05) is 33.2 Å². The zero-order valence-corrected chi connectivity index (χ0v) is 26.0. The van der Waals surface area contributed by atoms with Crippen LogP contribution in [0, 0.1) is 11.8 Å². The molecule has 0 amide bonds. The van der Waals surface area contributed by atoms with E-state index in [1.807, 2.05) is 13.8 Å². The van der Waals surface area contributed by atoms with E-state index >= 15 is 0 Å². The number of allylic oxidation sites excluding steroid dienone is 2. The van der Waals surface area contributed by atoms with Gasteiger partial charge in [-0.15, -0.1) is 0 Å². The smallest absolute Gasteiger partial charge is 0.165 e. The normalized spacial score (nSPS) is 25.7. The van der Waals surface area contributed by atoms with Crippen LogP contribution in [0.25, 0.3) is 0 Å². The van der Waals surface area contributed by atoms with E-state index in [0.29, 0.717) is 32.5 Å². The summed E-state index contributed by atoms with van der Waals surface area (Å²) in [7, 11) is 0. The Kier molecular flexibility index (Phi) is 16.0. The molecule has 0 aromatic carbocycles. The SMILES string of the molecule is CCCCCCC(CC)CCCCNC1COC(C)(C)OC1(CC(C)CCC=C(C)C)NC1COCOC1. The molecule has 2 N–H and O–H groups in total. The fourth-order valence-corrected chi connectivity index (χ4v) is 5.99. The van der Waals surface area contributed by atoms with Crippen molar-refractivity contribution in [3.05, 3.63) is 11.6 Å². The van der Waals surface area contributed by atoms with Gasteiger partial charge in [0.25, 0.3) is 0 Å². The molecule has 0 bridgehead atoms. The summed E-state index contributed by atoms with van der Waals surface area (Å²) in [5.74, 6) is 0.732. The van der Waals surface area contributed by atoms with E-state index in [-0.39, 0.29) is 12.1 Å². The summed E-state index contributed by atoms with van der Waals surface area (Å²) in [5, 5.41) is 7.74. The molecule has 2 aliphatic heterocycles. The van der Waals surface area contributed by atoms with Crippen LogP contribution >= 0.6 is 0 Å². The summed E-state index contributed by atoms with van der Waals surface area (Å²) in [6, 6.07) is 0.171. The van der Waals surface area contributed by atoms with Gasteiger partial charge in [0, 0.05) is 0 Å². The van der Waals surface area contributed by atoms with Crippen molar-refractivity contribution in [3.8, 4) is 0 Å². The van der Waals surface area contributed by atoms with Crippen LogP contribution in [0.15, 0.2) is 11.6 Å². The number of hydrogen-bond acceptors (Lipinski definition) is 6. The second-order valence-electron chi connectivity index (χ2n) is 12.7. The lowest BCUT2D eigenvalue weighted by molar-refractivity contribution is -0.337. The summed E-state index contributed by atoms with van der Waals surface area (Å²) >= 11 is 0. The van der Waals surface area contributed by atoms with Gasteiger partial charge < -0.3 is 24.3 Å². The van der Waals surface area contributed by atoms with E-state index in [9.17, 15) is 0 Å². The van der Waals surface area contributed by atoms with E-state index < -0.39 is 11.5 Å². The van der Waals surface area contributed by atoms with E-state index in [0.717, 1.165) is 31.7 Å². The quantitative estimate of drug-likeness (QED) is 0.133. The first-order chi connectivity index (χ1) is 18.2. The van der Waals surface area contributed by atoms with E-state index in [2.05, 4.69) is 51.3 Å². The predicted octanol–water partition coefficient (Wildman–Crippen LogP) is 7.33. The fourth-order valence-electron chi connectivity index (χ4n) is 5.99. The van der Waals surface area contributed by atoms with Gasteiger partial charge in [-0.2, -0.15) is 0 Å². The average Bonchev–Trinajstić information content (AvgIpc) is 2.86. The maximum absolute atomic E-state index is 6.83. The molecular weight excluding hydrogens is 476 g/mol. The first-order valence-corrected chi connectivity index (χ1v) is 15.8. The lowest BCUT2D eigenvalue weighted by Gasteiger charge is -2.53. The molecule has 4 atom stereocenters. The summed E-state index contributed by atoms with van der Waals surface area (Å²) in [5.41, 5.74) is 0.849. The zero-order chi connectivity index (χ0) is 27.9. The van der Waals surface area contributed by atoms with Gasteiger partial charge in [0.1, 0.15) is 12.5 Å². The first-order valence-electron chi connectivity index (χ1n) is 15.8. The maximum atomic E-state index is 6.83. The third-order valence-corrected chi connectivity index (χ3v) is 8.18. The lowest BCUT2D eigenvalue weighted by Crippen LogP contribution is -2.72. The Labute approximate surface area is 235 Å². The number of ether oxygens (including phenoxy) is 4. The lowest BCUT2D eigenvalue weighted by atomic mass is 9.87. The molecule has 224 valence electrons. The summed E-state index contributed by atoms with van der Waals surface area (Å²) < 4.78 is 24.3. The van der Waals surface area contributed by atoms with Gasteiger partial charge in [-0.25, -0.2) is 0 Å². The molecule has 0 aromatic rings. The minimum Gasteiger partial charge on any atom is -0.354 e. The molecule has 0 aromatic heterocycles. The van der Waals surface area contributed by atoms with E-state index in [1.54, 1.807) is 0 Å². The molecule has 6 nitrogen and oxygen atoms in total. The molecule has 2 aliphatic rings. The molecule has 38 heavy (non-hydrogen) atoms. The number of rotatable bonds is 19. The Hall–Kier alpha value is -0.500. The first kappa shape index (κ1) is 33.7. The Morgan fingerprint density at radius 1 is 0.947 bits per heavy atom. The molecule has 2 saturated heterocycles. The van der Waals surface area contributed by atoms with Crippen molar-refractivity contribution in [2.24, 2.45) is 11.8 Å². The Morgan fingerprint density at radius 2 is 1.66 bits per heavy atom. The topological polar surface area (TPSA) is 61.0 Å². The molecule has 2 heterocycles. The number of nitrogens with one attached hydrogen (secondary N) is 2. The summed E-state index contributed by atoms with van der Waals surface area (Å²) in [6.45, 7) is 18.7. The van der Waals surface area contributed by atoms with Crippen LogP contribution in [0.1, 0.15) is 126 Å². The van der Waals surface area contributed by atoms with Gasteiger partial charge in [-0.1, -0.05) is 83.8 Å². The highest BCUT2D eigenvalue weighted by Crippen LogP contribution is 2.36. The van der Waals surface area contributed by atoms with Crippen molar-refractivity contribution in [2.45, 2.75) is 149 Å². The van der Waals surface area contributed by atoms with Gasteiger partial charge in [-0.05, 0) is 71.8 Å². The van der Waals surface area contributed by atoms with Gasteiger partial charge in [-0.3, -0.25) is 5.32 Å². The summed E-state index contributed by atoms with van der Waals surface area (Å²) in [6.07, 6.45) is 17.5. The van der Waals surface area contributed by atoms with Crippen LogP contribution in [-0.4, -0.2) is 56.8 Å². The van der Waals surface area contributed by atoms with Crippen molar-refractivity contribution >= 4 is 0 Å². The van der Waals surface area contributed by atoms with Gasteiger partial charge in [0.2, 0.25) is 0 Å². The van der Waals surface area contributed by atoms with E-state index in [1.165, 1.54) is 63.4 Å². The standard InChI is InChI=1S/C32H62N2O4/c1-8-10-11-12-18-28(9-2)19-13-14-20-33-30-24-37-31(6,7)38-32(30,34-29-22-35-25-36-23-29)21-27(5)17-15-16-26(3)4/h16,27-30,33-34H,8-15,17-25H2,1-7H3. The van der Waals surface area contributed by atoms with Crippen LogP contribution in [0.2, 0.25) is 0 Å². The van der Waals surface area contributed by atoms with Crippen LogP contribution in [0.3, 0.4) is 0 Å². The van der Waals surface area contributed by atoms with Gasteiger partial charge in [0.15, 0.2) is 5.79 Å². The monoisotopic (exact) mass is 538 g/mol. The fraction of sp³-hybridized carbons (Fsp3) is 0.938. The van der Waals surface area contributed by atoms with Crippen molar-refractivity contribution < 1.29 is 18.9 Å². The molecule has 0 spiro atoms. The molecule has 4 unspecified atom stereocenters. The Bertz CT molecular complexity index is 645. The van der Waals surface area contributed by atoms with Crippen molar-refractivity contribution in [1.29, 1.82) is 0 Å². The Morgan fingerprint density at radius 3 is 2.32 bits per heavy atom. The van der Waals surface area contributed by atoms with Crippen LogP contribution in [-0.2, 0) is 18.9 Å². The number of hydrogen-bond donors (Lipinski definition) is 2. The largest absolute Gasteiger partial charge is 0.354 e. The highest BCUT2D eigenvalue weighted by atomic mass is 16.7. The number of unbranched alkanes of at least 4 members (excludes halogenated alkanes) is 4. The third kappa shape index (κ3) is 12.8. The zero-order valence-electron chi connectivity index (χ0n) is 26.0. The van der Waals surface area contributed by atoms with Crippen molar-refractivity contribution in [1.82, 2.24) is 10.6 Å². The second-order valence-corrected chi connectivity index (χ2v) is 12.7. The molecule has 0 saturated carbocycles. The predicted molar refractivity (Wildman–Crippen MR) is 158 cm³/mol. The molecule has 6 heteroatoms. The maximum Gasteiger partial charge on any atom is 0.165 e. The average molecular weight is 539 g/mol. The minimum absolute atomic E-state index is 0.0689. The van der Waals surface area contributed by atoms with E-state index in [4.69, 9.17) is 18.9 Å². The Balaban J connectivity index is 2.00. The highest BCUT2D eigenvalue weighted by Gasteiger charge is 2.50. The summed E-state index contributed by atoms with van der Waals surface area (Å²) in [4.78, 5) is 0. The highest BCUT2D eigenvalue weighted by molar-refractivity contribution is 4.99. The molecule has 0 aliphatic carbocycles. The van der Waals surface area contributed by atoms with Gasteiger partial charge >= 0.3 is 0 Å².